The van der Waals surface area contributed by atoms with Gasteiger partial charge in [0, 0.05) is 12.0 Å². The van der Waals surface area contributed by atoms with E-state index in [2.05, 4.69) is 0 Å². The van der Waals surface area contributed by atoms with Gasteiger partial charge in [0.05, 0.1) is 7.11 Å². The smallest absolute Gasteiger partial charge is 0.320 e. The molecule has 0 radical (unpaired) electrons. The Labute approximate surface area is 91.3 Å². The van der Waals surface area contributed by atoms with Crippen molar-refractivity contribution in [3.8, 4) is 11.5 Å². The Balaban J connectivity index is 3.05. The van der Waals surface area contributed by atoms with Gasteiger partial charge in [-0.3, -0.25) is 4.79 Å². The number of carboxylic acid groups (broad SMARTS) is 1. The number of benzene rings is 1. The summed E-state index contributed by atoms with van der Waals surface area (Å²) in [5.41, 5.74) is 5.67. The average Bonchev–Trinajstić information content (AvgIpc) is 2.23. The molecule has 0 fully saturated rings. The number of hydrogen-bond acceptors (Lipinski definition) is 4. The van der Waals surface area contributed by atoms with Crippen molar-refractivity contribution in [2.75, 3.05) is 7.11 Å². The third-order valence-electron chi connectivity index (χ3n) is 2.12. The molecule has 88 valence electrons. The van der Waals surface area contributed by atoms with E-state index in [1.54, 1.807) is 0 Å². The second kappa shape index (κ2) is 4.80. The lowest BCUT2D eigenvalue weighted by molar-refractivity contribution is -0.138. The van der Waals surface area contributed by atoms with Crippen molar-refractivity contribution in [3.05, 3.63) is 23.5 Å². The summed E-state index contributed by atoms with van der Waals surface area (Å²) in [6, 6.07) is 1.23. The summed E-state index contributed by atoms with van der Waals surface area (Å²) in [5.74, 6) is -2.73. The van der Waals surface area contributed by atoms with E-state index >= 15 is 0 Å². The molecule has 6 heteroatoms. The zero-order valence-electron chi connectivity index (χ0n) is 8.61. The highest BCUT2D eigenvalue weighted by Crippen LogP contribution is 2.33. The fourth-order valence-corrected chi connectivity index (χ4v) is 1.30. The number of aliphatic carboxylic acids is 1. The lowest BCUT2D eigenvalue weighted by Gasteiger charge is -2.12. The Hall–Kier alpha value is -1.82. The largest absolute Gasteiger partial charge is 0.502 e. The number of rotatable bonds is 4. The number of nitrogens with two attached hydrogens (primary N) is 1. The summed E-state index contributed by atoms with van der Waals surface area (Å²) in [5, 5.41) is 18.0. The van der Waals surface area contributed by atoms with Gasteiger partial charge in [-0.25, -0.2) is 4.39 Å². The standard InChI is InChI=1S/C10H12FNO4/c1-16-9-5(4-7(12)10(14)15)2-3-6(11)8(9)13/h2-3,7,13H,4,12H2,1H3,(H,14,15). The van der Waals surface area contributed by atoms with Crippen molar-refractivity contribution >= 4 is 5.97 Å². The quantitative estimate of drug-likeness (QED) is 0.698. The molecule has 0 saturated heterocycles. The highest BCUT2D eigenvalue weighted by molar-refractivity contribution is 5.73. The van der Waals surface area contributed by atoms with Gasteiger partial charge in [-0.15, -0.1) is 0 Å². The normalized spacial score (nSPS) is 12.2. The van der Waals surface area contributed by atoms with Crippen molar-refractivity contribution < 1.29 is 24.1 Å². The van der Waals surface area contributed by atoms with Crippen molar-refractivity contribution in [1.29, 1.82) is 0 Å². The first-order valence-corrected chi connectivity index (χ1v) is 4.50. The molecule has 0 aliphatic rings. The van der Waals surface area contributed by atoms with Crippen molar-refractivity contribution in [1.82, 2.24) is 0 Å². The van der Waals surface area contributed by atoms with Gasteiger partial charge in [0.1, 0.15) is 6.04 Å². The molecule has 5 nitrogen and oxygen atoms in total. The third-order valence-corrected chi connectivity index (χ3v) is 2.12. The number of aromatic hydroxyl groups is 1. The summed E-state index contributed by atoms with van der Waals surface area (Å²) in [4.78, 5) is 10.6. The number of halogens is 1. The molecule has 0 spiro atoms. The summed E-state index contributed by atoms with van der Waals surface area (Å²) in [6.45, 7) is 0. The second-order valence-corrected chi connectivity index (χ2v) is 3.24. The highest BCUT2D eigenvalue weighted by Gasteiger charge is 2.18. The van der Waals surface area contributed by atoms with Crippen LogP contribution in [0, 0.1) is 5.82 Å². The third kappa shape index (κ3) is 2.40. The highest BCUT2D eigenvalue weighted by atomic mass is 19.1. The number of phenols is 1. The molecule has 1 rings (SSSR count). The summed E-state index contributed by atoms with van der Waals surface area (Å²) in [7, 11) is 1.25. The lowest BCUT2D eigenvalue weighted by Crippen LogP contribution is -2.32. The summed E-state index contributed by atoms with van der Waals surface area (Å²) < 4.78 is 17.8. The summed E-state index contributed by atoms with van der Waals surface area (Å²) >= 11 is 0. The molecule has 1 unspecified atom stereocenters. The van der Waals surface area contributed by atoms with Crippen LogP contribution in [0.25, 0.3) is 0 Å². The SMILES string of the molecule is COc1c(CC(N)C(=O)O)ccc(F)c1O. The van der Waals surface area contributed by atoms with E-state index < -0.39 is 23.6 Å². The minimum atomic E-state index is -1.18. The molecule has 0 aliphatic carbocycles. The van der Waals surface area contributed by atoms with Gasteiger partial charge in [-0.1, -0.05) is 6.07 Å². The van der Waals surface area contributed by atoms with Crippen LogP contribution in [-0.2, 0) is 11.2 Å². The minimum absolute atomic E-state index is 0.0493. The Morgan fingerprint density at radius 3 is 2.75 bits per heavy atom. The minimum Gasteiger partial charge on any atom is -0.502 e. The zero-order valence-corrected chi connectivity index (χ0v) is 8.61. The van der Waals surface area contributed by atoms with E-state index in [9.17, 15) is 14.3 Å². The van der Waals surface area contributed by atoms with Gasteiger partial charge in [-0.2, -0.15) is 0 Å². The number of phenolic OH excluding ortho intramolecular Hbond substituents is 1. The van der Waals surface area contributed by atoms with Crippen molar-refractivity contribution in [3.63, 3.8) is 0 Å². The van der Waals surface area contributed by atoms with Crippen LogP contribution >= 0.6 is 0 Å². The summed E-state index contributed by atoms with van der Waals surface area (Å²) in [6.07, 6.45) is -0.0493. The van der Waals surface area contributed by atoms with Gasteiger partial charge in [0.2, 0.25) is 0 Å². The molecule has 4 N–H and O–H groups in total. The van der Waals surface area contributed by atoms with Gasteiger partial charge in [0.25, 0.3) is 0 Å². The number of ether oxygens (including phenoxy) is 1. The first-order valence-electron chi connectivity index (χ1n) is 4.50. The Kier molecular flexibility index (Phi) is 3.68. The van der Waals surface area contributed by atoms with Crippen LogP contribution in [0.2, 0.25) is 0 Å². The molecule has 1 atom stereocenters. The maximum absolute atomic E-state index is 13.0. The average molecular weight is 229 g/mol. The van der Waals surface area contributed by atoms with Crippen LogP contribution in [-0.4, -0.2) is 29.3 Å². The van der Waals surface area contributed by atoms with E-state index in [-0.39, 0.29) is 12.2 Å². The van der Waals surface area contributed by atoms with Crippen LogP contribution in [0.3, 0.4) is 0 Å². The Morgan fingerprint density at radius 1 is 1.62 bits per heavy atom. The van der Waals surface area contributed by atoms with E-state index in [0.717, 1.165) is 6.07 Å². The molecule has 0 aliphatic heterocycles. The van der Waals surface area contributed by atoms with Gasteiger partial charge in [0.15, 0.2) is 17.3 Å². The zero-order chi connectivity index (χ0) is 12.3. The molecule has 0 amide bonds. The number of carboxylic acids is 1. The number of hydrogen-bond donors (Lipinski definition) is 3. The fourth-order valence-electron chi connectivity index (χ4n) is 1.30. The molecule has 0 aromatic heterocycles. The predicted molar refractivity (Wildman–Crippen MR) is 53.9 cm³/mol. The number of methoxy groups -OCH3 is 1. The van der Waals surface area contributed by atoms with Crippen LogP contribution < -0.4 is 10.5 Å². The Bertz CT molecular complexity index is 408. The monoisotopic (exact) mass is 229 g/mol. The maximum Gasteiger partial charge on any atom is 0.320 e. The van der Waals surface area contributed by atoms with Crippen LogP contribution in [0.15, 0.2) is 12.1 Å². The van der Waals surface area contributed by atoms with E-state index in [0.29, 0.717) is 5.56 Å². The van der Waals surface area contributed by atoms with Crippen molar-refractivity contribution in [2.45, 2.75) is 12.5 Å². The lowest BCUT2D eigenvalue weighted by atomic mass is 10.0. The Morgan fingerprint density at radius 2 is 2.25 bits per heavy atom. The van der Waals surface area contributed by atoms with Gasteiger partial charge >= 0.3 is 5.97 Å². The first-order chi connectivity index (χ1) is 7.47. The molecule has 16 heavy (non-hydrogen) atoms. The van der Waals surface area contributed by atoms with E-state index in [1.165, 1.54) is 13.2 Å². The molecular weight excluding hydrogens is 217 g/mol. The first kappa shape index (κ1) is 12.3. The maximum atomic E-state index is 13.0. The van der Waals surface area contributed by atoms with Gasteiger partial charge in [-0.05, 0) is 6.07 Å². The van der Waals surface area contributed by atoms with Gasteiger partial charge < -0.3 is 20.7 Å². The number of carbonyl (C=O) groups is 1. The van der Waals surface area contributed by atoms with Crippen LogP contribution in [0.5, 0.6) is 11.5 Å². The van der Waals surface area contributed by atoms with Crippen LogP contribution in [0.1, 0.15) is 5.56 Å². The molecule has 0 bridgehead atoms. The van der Waals surface area contributed by atoms with Crippen LogP contribution in [0.4, 0.5) is 4.39 Å². The molecule has 0 heterocycles. The second-order valence-electron chi connectivity index (χ2n) is 3.24. The fraction of sp³-hybridized carbons (Fsp3) is 0.300. The molecule has 1 aromatic carbocycles. The van der Waals surface area contributed by atoms with E-state index in [4.69, 9.17) is 15.6 Å². The molecule has 1 aromatic rings. The van der Waals surface area contributed by atoms with E-state index in [1.807, 2.05) is 0 Å². The molecular formula is C10H12FNO4. The molecule has 0 saturated carbocycles. The topological polar surface area (TPSA) is 92.8 Å². The van der Waals surface area contributed by atoms with Crippen molar-refractivity contribution in [2.24, 2.45) is 5.73 Å². The predicted octanol–water partition coefficient (Wildman–Crippen LogP) is 0.494.